The summed E-state index contributed by atoms with van der Waals surface area (Å²) in [7, 11) is -2.88. The van der Waals surface area contributed by atoms with Gasteiger partial charge in [-0.15, -0.1) is 0 Å². The van der Waals surface area contributed by atoms with Crippen LogP contribution in [0.1, 0.15) is 33.1 Å². The second-order valence-corrected chi connectivity index (χ2v) is 9.25. The molecule has 126 valence electrons. The van der Waals surface area contributed by atoms with Crippen LogP contribution < -0.4 is 10.1 Å². The molecular weight excluding hydrogens is 314 g/mol. The molecule has 6 heteroatoms. The largest absolute Gasteiger partial charge is 0.491 e. The van der Waals surface area contributed by atoms with E-state index in [4.69, 9.17) is 4.74 Å². The summed E-state index contributed by atoms with van der Waals surface area (Å²) in [5.74, 6) is 1.17. The summed E-state index contributed by atoms with van der Waals surface area (Å²) < 4.78 is 28.6. The molecule has 1 aromatic carbocycles. The third kappa shape index (κ3) is 3.68. The number of benzene rings is 1. The highest BCUT2D eigenvalue weighted by Gasteiger charge is 2.59. The van der Waals surface area contributed by atoms with Gasteiger partial charge in [0.25, 0.3) is 0 Å². The van der Waals surface area contributed by atoms with E-state index in [0.29, 0.717) is 12.8 Å². The summed E-state index contributed by atoms with van der Waals surface area (Å²) in [6.07, 6.45) is 2.16. The minimum atomic E-state index is -2.88. The molecule has 1 aliphatic carbocycles. The second-order valence-electron chi connectivity index (χ2n) is 6.95. The lowest BCUT2D eigenvalue weighted by Gasteiger charge is -2.22. The number of ether oxygens (including phenoxy) is 1. The van der Waals surface area contributed by atoms with Gasteiger partial charge >= 0.3 is 0 Å². The first-order valence-corrected chi connectivity index (χ1v) is 9.90. The number of carbonyl (C=O) groups excluding carboxylic acids is 1. The monoisotopic (exact) mass is 337 g/mol. The average molecular weight is 337 g/mol. The molecule has 23 heavy (non-hydrogen) atoms. The van der Waals surface area contributed by atoms with Crippen LogP contribution in [0, 0.1) is 11.3 Å². The van der Waals surface area contributed by atoms with Gasteiger partial charge in [-0.2, -0.15) is 0 Å². The Balaban J connectivity index is 1.56. The van der Waals surface area contributed by atoms with Gasteiger partial charge < -0.3 is 10.1 Å². The predicted molar refractivity (Wildman–Crippen MR) is 89.3 cm³/mol. The van der Waals surface area contributed by atoms with Gasteiger partial charge in [-0.25, -0.2) is 8.42 Å². The maximum absolute atomic E-state index is 12.4. The van der Waals surface area contributed by atoms with E-state index in [9.17, 15) is 13.2 Å². The quantitative estimate of drug-likeness (QED) is 0.917. The maximum Gasteiger partial charge on any atom is 0.228 e. The highest BCUT2D eigenvalue weighted by Crippen LogP contribution is 2.60. The Morgan fingerprint density at radius 3 is 2.39 bits per heavy atom. The molecule has 1 atom stereocenters. The van der Waals surface area contributed by atoms with Crippen molar-refractivity contribution < 1.29 is 17.9 Å². The molecule has 1 spiro atoms. The number of sulfone groups is 1. The van der Waals surface area contributed by atoms with Gasteiger partial charge in [0, 0.05) is 11.6 Å². The van der Waals surface area contributed by atoms with Crippen molar-refractivity contribution in [1.29, 1.82) is 0 Å². The first-order chi connectivity index (χ1) is 10.8. The van der Waals surface area contributed by atoms with Crippen LogP contribution >= 0.6 is 0 Å². The van der Waals surface area contributed by atoms with Gasteiger partial charge in [-0.3, -0.25) is 4.79 Å². The van der Waals surface area contributed by atoms with Crippen molar-refractivity contribution in [3.05, 3.63) is 24.3 Å². The van der Waals surface area contributed by atoms with Crippen LogP contribution in [-0.4, -0.2) is 31.9 Å². The maximum atomic E-state index is 12.4. The molecule has 1 N–H and O–H groups in total. The third-order valence-electron chi connectivity index (χ3n) is 4.82. The normalized spacial score (nSPS) is 24.4. The van der Waals surface area contributed by atoms with Gasteiger partial charge in [0.15, 0.2) is 0 Å². The standard InChI is InChI=1S/C17H23NO4S/c1-12(2)22-14-5-3-13(4-6-14)18-16(19)15-11-17(15)7-9-23(20,21)10-8-17/h3-6,12,15H,7-11H2,1-2H3,(H,18,19). The van der Waals surface area contributed by atoms with E-state index in [1.807, 2.05) is 38.1 Å². The number of anilines is 1. The van der Waals surface area contributed by atoms with E-state index >= 15 is 0 Å². The lowest BCUT2D eigenvalue weighted by molar-refractivity contribution is -0.118. The molecule has 0 radical (unpaired) electrons. The highest BCUT2D eigenvalue weighted by molar-refractivity contribution is 7.91. The van der Waals surface area contributed by atoms with E-state index < -0.39 is 9.84 Å². The van der Waals surface area contributed by atoms with E-state index in [1.54, 1.807) is 0 Å². The predicted octanol–water partition coefficient (Wildman–Crippen LogP) is 2.63. The van der Waals surface area contributed by atoms with Gasteiger partial charge in [0.1, 0.15) is 15.6 Å². The summed E-state index contributed by atoms with van der Waals surface area (Å²) >= 11 is 0. The Bertz CT molecular complexity index is 680. The Labute approximate surface area is 137 Å². The summed E-state index contributed by atoms with van der Waals surface area (Å²) in [4.78, 5) is 12.4. The highest BCUT2D eigenvalue weighted by atomic mass is 32.2. The smallest absolute Gasteiger partial charge is 0.228 e. The van der Waals surface area contributed by atoms with E-state index in [2.05, 4.69) is 5.32 Å². The lowest BCUT2D eigenvalue weighted by atomic mass is 9.96. The van der Waals surface area contributed by atoms with E-state index in [1.165, 1.54) is 0 Å². The van der Waals surface area contributed by atoms with Gasteiger partial charge in [-0.1, -0.05) is 0 Å². The van der Waals surface area contributed by atoms with Crippen LogP contribution in [-0.2, 0) is 14.6 Å². The van der Waals surface area contributed by atoms with Gasteiger partial charge in [0.05, 0.1) is 17.6 Å². The first kappa shape index (κ1) is 16.3. The zero-order chi connectivity index (χ0) is 16.7. The molecule has 1 saturated heterocycles. The SMILES string of the molecule is CC(C)Oc1ccc(NC(=O)C2CC23CCS(=O)(=O)CC3)cc1. The summed E-state index contributed by atoms with van der Waals surface area (Å²) in [6.45, 7) is 3.93. The molecular formula is C17H23NO4S. The zero-order valence-electron chi connectivity index (χ0n) is 13.5. The van der Waals surface area contributed by atoms with Crippen LogP contribution in [0.3, 0.4) is 0 Å². The second kappa shape index (κ2) is 5.82. The van der Waals surface area contributed by atoms with Crippen molar-refractivity contribution in [3.8, 4) is 5.75 Å². The summed E-state index contributed by atoms with van der Waals surface area (Å²) in [5.41, 5.74) is 0.674. The van der Waals surface area contributed by atoms with Crippen LogP contribution in [0.5, 0.6) is 5.75 Å². The van der Waals surface area contributed by atoms with E-state index in [0.717, 1.165) is 17.9 Å². The molecule has 0 bridgehead atoms. The zero-order valence-corrected chi connectivity index (χ0v) is 14.4. The molecule has 1 amide bonds. The number of amides is 1. The lowest BCUT2D eigenvalue weighted by Crippen LogP contribution is -2.28. The molecule has 2 fully saturated rings. The molecule has 5 nitrogen and oxygen atoms in total. The van der Waals surface area contributed by atoms with Crippen molar-refractivity contribution in [3.63, 3.8) is 0 Å². The fraction of sp³-hybridized carbons (Fsp3) is 0.588. The van der Waals surface area contributed by atoms with Crippen molar-refractivity contribution >= 4 is 21.4 Å². The van der Waals surface area contributed by atoms with Gasteiger partial charge in [-0.05, 0) is 62.8 Å². The van der Waals surface area contributed by atoms with Crippen molar-refractivity contribution in [2.24, 2.45) is 11.3 Å². The Morgan fingerprint density at radius 1 is 1.22 bits per heavy atom. The minimum absolute atomic E-state index is 0.00169. The minimum Gasteiger partial charge on any atom is -0.491 e. The van der Waals surface area contributed by atoms with Crippen molar-refractivity contribution in [2.45, 2.75) is 39.2 Å². The molecule has 1 aliphatic heterocycles. The summed E-state index contributed by atoms with van der Waals surface area (Å²) in [5, 5.41) is 2.93. The van der Waals surface area contributed by atoms with Crippen LogP contribution in [0.2, 0.25) is 0 Å². The van der Waals surface area contributed by atoms with Crippen LogP contribution in [0.25, 0.3) is 0 Å². The molecule has 1 heterocycles. The molecule has 1 saturated carbocycles. The Morgan fingerprint density at radius 2 is 1.83 bits per heavy atom. The van der Waals surface area contributed by atoms with E-state index in [-0.39, 0.29) is 34.8 Å². The number of nitrogens with one attached hydrogen (secondary N) is 1. The molecule has 2 aliphatic rings. The fourth-order valence-electron chi connectivity index (χ4n) is 3.33. The Hall–Kier alpha value is -1.56. The third-order valence-corrected chi connectivity index (χ3v) is 6.47. The number of rotatable bonds is 4. The average Bonchev–Trinajstić information content (AvgIpc) is 3.19. The number of hydrogen-bond donors (Lipinski definition) is 1. The molecule has 1 unspecified atom stereocenters. The molecule has 1 aromatic rings. The molecule has 3 rings (SSSR count). The number of hydrogen-bond acceptors (Lipinski definition) is 4. The van der Waals surface area contributed by atoms with Gasteiger partial charge in [0.2, 0.25) is 5.91 Å². The van der Waals surface area contributed by atoms with Crippen molar-refractivity contribution in [1.82, 2.24) is 0 Å². The topological polar surface area (TPSA) is 72.5 Å². The van der Waals surface area contributed by atoms with Crippen molar-refractivity contribution in [2.75, 3.05) is 16.8 Å². The number of carbonyl (C=O) groups is 1. The van der Waals surface area contributed by atoms with Crippen LogP contribution in [0.4, 0.5) is 5.69 Å². The summed E-state index contributed by atoms with van der Waals surface area (Å²) in [6, 6.07) is 7.34. The fourth-order valence-corrected chi connectivity index (χ4v) is 4.97. The Kier molecular flexibility index (Phi) is 4.12. The molecule has 0 aromatic heterocycles. The van der Waals surface area contributed by atoms with Crippen LogP contribution in [0.15, 0.2) is 24.3 Å². The first-order valence-electron chi connectivity index (χ1n) is 8.08.